The van der Waals surface area contributed by atoms with E-state index in [0.717, 1.165) is 48.0 Å². The van der Waals surface area contributed by atoms with Crippen molar-refractivity contribution in [3.8, 4) is 17.1 Å². The van der Waals surface area contributed by atoms with E-state index < -0.39 is 3.79 Å². The van der Waals surface area contributed by atoms with Crippen LogP contribution >= 0.6 is 34.8 Å². The first-order valence-electron chi connectivity index (χ1n) is 9.26. The molecule has 2 N–H and O–H groups in total. The van der Waals surface area contributed by atoms with Crippen LogP contribution in [0.15, 0.2) is 36.4 Å². The maximum atomic E-state index is 6.14. The normalized spacial score (nSPS) is 15.7. The number of halogens is 3. The van der Waals surface area contributed by atoms with Crippen molar-refractivity contribution in [2.75, 3.05) is 25.1 Å². The predicted octanol–water partition coefficient (Wildman–Crippen LogP) is 4.45. The molecule has 1 saturated heterocycles. The Labute approximate surface area is 184 Å². The molecule has 9 heteroatoms. The molecular formula is C20H20Cl3N5O. The highest BCUT2D eigenvalue weighted by Gasteiger charge is 2.30. The van der Waals surface area contributed by atoms with Crippen molar-refractivity contribution >= 4 is 51.5 Å². The van der Waals surface area contributed by atoms with E-state index in [1.165, 1.54) is 0 Å². The first-order chi connectivity index (χ1) is 13.9. The highest BCUT2D eigenvalue weighted by molar-refractivity contribution is 6.66. The SMILES string of the molecule is COc1ccc(-c2nc(N3CCC(N)CC3)nc(C(Cl)(Cl)Cl)n2)c2ccccc12. The van der Waals surface area contributed by atoms with Gasteiger partial charge in [0.1, 0.15) is 5.75 Å². The van der Waals surface area contributed by atoms with Gasteiger partial charge in [-0.05, 0) is 30.4 Å². The van der Waals surface area contributed by atoms with Gasteiger partial charge in [0.2, 0.25) is 9.74 Å². The van der Waals surface area contributed by atoms with Crippen LogP contribution in [0, 0.1) is 0 Å². The Morgan fingerprint density at radius 3 is 2.34 bits per heavy atom. The Bertz CT molecular complexity index is 1030. The molecule has 0 aliphatic carbocycles. The summed E-state index contributed by atoms with van der Waals surface area (Å²) >= 11 is 18.4. The highest BCUT2D eigenvalue weighted by Crippen LogP contribution is 2.39. The van der Waals surface area contributed by atoms with Crippen LogP contribution in [0.1, 0.15) is 18.7 Å². The molecule has 152 valence electrons. The van der Waals surface area contributed by atoms with Gasteiger partial charge in [-0.3, -0.25) is 0 Å². The van der Waals surface area contributed by atoms with Gasteiger partial charge in [-0.1, -0.05) is 59.1 Å². The molecular weight excluding hydrogens is 433 g/mol. The Kier molecular flexibility index (Phi) is 5.71. The van der Waals surface area contributed by atoms with Gasteiger partial charge < -0.3 is 15.4 Å². The largest absolute Gasteiger partial charge is 0.496 e. The summed E-state index contributed by atoms with van der Waals surface area (Å²) in [7, 11) is 1.64. The predicted molar refractivity (Wildman–Crippen MR) is 118 cm³/mol. The van der Waals surface area contributed by atoms with Crippen molar-refractivity contribution in [3.63, 3.8) is 0 Å². The lowest BCUT2D eigenvalue weighted by Gasteiger charge is -2.30. The van der Waals surface area contributed by atoms with E-state index >= 15 is 0 Å². The van der Waals surface area contributed by atoms with Crippen molar-refractivity contribution in [3.05, 3.63) is 42.2 Å². The number of hydrogen-bond acceptors (Lipinski definition) is 6. The lowest BCUT2D eigenvalue weighted by molar-refractivity contribution is 0.420. The number of fused-ring (bicyclic) bond motifs is 1. The van der Waals surface area contributed by atoms with Crippen LogP contribution in [-0.4, -0.2) is 41.2 Å². The minimum Gasteiger partial charge on any atom is -0.496 e. The minimum atomic E-state index is -1.76. The zero-order chi connectivity index (χ0) is 20.6. The highest BCUT2D eigenvalue weighted by atomic mass is 35.6. The first-order valence-corrected chi connectivity index (χ1v) is 10.4. The number of nitrogens with two attached hydrogens (primary N) is 1. The molecule has 1 aliphatic rings. The summed E-state index contributed by atoms with van der Waals surface area (Å²) in [5.41, 5.74) is 6.84. The third-order valence-corrected chi connectivity index (χ3v) is 5.55. The second kappa shape index (κ2) is 8.11. The molecule has 2 heterocycles. The van der Waals surface area contributed by atoms with Crippen LogP contribution in [-0.2, 0) is 3.79 Å². The van der Waals surface area contributed by atoms with Crippen LogP contribution < -0.4 is 15.4 Å². The van der Waals surface area contributed by atoms with Crippen LogP contribution in [0.25, 0.3) is 22.2 Å². The summed E-state index contributed by atoms with van der Waals surface area (Å²) < 4.78 is 3.73. The fourth-order valence-electron chi connectivity index (χ4n) is 3.50. The first kappa shape index (κ1) is 20.4. The molecule has 6 nitrogen and oxygen atoms in total. The van der Waals surface area contributed by atoms with Gasteiger partial charge in [-0.15, -0.1) is 0 Å². The van der Waals surface area contributed by atoms with Gasteiger partial charge in [0, 0.05) is 30.1 Å². The molecule has 1 aliphatic heterocycles. The zero-order valence-corrected chi connectivity index (χ0v) is 18.0. The van der Waals surface area contributed by atoms with Gasteiger partial charge >= 0.3 is 0 Å². The van der Waals surface area contributed by atoms with Crippen LogP contribution in [0.5, 0.6) is 5.75 Å². The summed E-state index contributed by atoms with van der Waals surface area (Å²) in [6.45, 7) is 1.49. The van der Waals surface area contributed by atoms with Gasteiger partial charge in [-0.2, -0.15) is 9.97 Å². The topological polar surface area (TPSA) is 77.2 Å². The molecule has 2 aromatic carbocycles. The van der Waals surface area contributed by atoms with E-state index in [1.54, 1.807) is 7.11 Å². The number of rotatable bonds is 3. The number of nitrogens with zero attached hydrogens (tertiary/aromatic N) is 4. The van der Waals surface area contributed by atoms with E-state index in [2.05, 4.69) is 14.9 Å². The van der Waals surface area contributed by atoms with Crippen molar-refractivity contribution in [2.45, 2.75) is 22.7 Å². The van der Waals surface area contributed by atoms with E-state index in [4.69, 9.17) is 50.3 Å². The molecule has 0 unspecified atom stereocenters. The molecule has 3 aromatic rings. The molecule has 4 rings (SSSR count). The van der Waals surface area contributed by atoms with E-state index in [1.807, 2.05) is 36.4 Å². The Morgan fingerprint density at radius 2 is 1.69 bits per heavy atom. The Morgan fingerprint density at radius 1 is 1.00 bits per heavy atom. The number of piperidine rings is 1. The fourth-order valence-corrected chi connectivity index (χ4v) is 3.75. The second-order valence-electron chi connectivity index (χ2n) is 6.97. The Balaban J connectivity index is 1.88. The third-order valence-electron chi connectivity index (χ3n) is 5.04. The van der Waals surface area contributed by atoms with Crippen molar-refractivity contribution in [1.29, 1.82) is 0 Å². The maximum absolute atomic E-state index is 6.14. The summed E-state index contributed by atoms with van der Waals surface area (Å²) in [6.07, 6.45) is 1.71. The van der Waals surface area contributed by atoms with Crippen LogP contribution in [0.2, 0.25) is 0 Å². The summed E-state index contributed by atoms with van der Waals surface area (Å²) in [6, 6.07) is 11.9. The zero-order valence-electron chi connectivity index (χ0n) is 15.8. The Hall–Kier alpha value is -1.86. The molecule has 1 fully saturated rings. The monoisotopic (exact) mass is 451 g/mol. The number of alkyl halides is 3. The fraction of sp³-hybridized carbons (Fsp3) is 0.350. The number of anilines is 1. The third kappa shape index (κ3) is 4.21. The van der Waals surface area contributed by atoms with E-state index in [9.17, 15) is 0 Å². The van der Waals surface area contributed by atoms with Gasteiger partial charge in [0.25, 0.3) is 0 Å². The number of aromatic nitrogens is 3. The van der Waals surface area contributed by atoms with E-state index in [-0.39, 0.29) is 11.9 Å². The molecule has 0 saturated carbocycles. The smallest absolute Gasteiger partial charge is 0.250 e. The van der Waals surface area contributed by atoms with Gasteiger partial charge in [0.05, 0.1) is 7.11 Å². The van der Waals surface area contributed by atoms with Crippen LogP contribution in [0.3, 0.4) is 0 Å². The van der Waals surface area contributed by atoms with E-state index in [0.29, 0.717) is 11.8 Å². The van der Waals surface area contributed by atoms with Gasteiger partial charge in [0.15, 0.2) is 11.6 Å². The standard InChI is InChI=1S/C20H20Cl3N5O/c1-29-16-7-6-15(13-4-2-3-5-14(13)16)17-25-18(20(21,22)23)27-19(26-17)28-10-8-12(24)9-11-28/h2-7,12H,8-11,24H2,1H3. The molecule has 0 spiro atoms. The molecule has 0 amide bonds. The van der Waals surface area contributed by atoms with Crippen molar-refractivity contribution < 1.29 is 4.74 Å². The number of benzene rings is 2. The lowest BCUT2D eigenvalue weighted by atomic mass is 10.0. The quantitative estimate of drug-likeness (QED) is 0.591. The molecule has 29 heavy (non-hydrogen) atoms. The second-order valence-corrected chi connectivity index (χ2v) is 9.25. The molecule has 0 bridgehead atoms. The lowest BCUT2D eigenvalue weighted by Crippen LogP contribution is -2.40. The van der Waals surface area contributed by atoms with Crippen molar-refractivity contribution in [1.82, 2.24) is 15.0 Å². The van der Waals surface area contributed by atoms with Crippen LogP contribution in [0.4, 0.5) is 5.95 Å². The summed E-state index contributed by atoms with van der Waals surface area (Å²) in [5.74, 6) is 1.80. The number of methoxy groups -OCH3 is 1. The average Bonchev–Trinajstić information content (AvgIpc) is 2.72. The summed E-state index contributed by atoms with van der Waals surface area (Å²) in [4.78, 5) is 15.7. The summed E-state index contributed by atoms with van der Waals surface area (Å²) in [5, 5.41) is 1.90. The molecule has 0 atom stereocenters. The number of ether oxygens (including phenoxy) is 1. The molecule has 1 aromatic heterocycles. The average molecular weight is 453 g/mol. The van der Waals surface area contributed by atoms with Crippen molar-refractivity contribution in [2.24, 2.45) is 5.73 Å². The molecule has 0 radical (unpaired) electrons. The van der Waals surface area contributed by atoms with Gasteiger partial charge in [-0.25, -0.2) is 4.98 Å². The maximum Gasteiger partial charge on any atom is 0.250 e. The minimum absolute atomic E-state index is 0.0947. The number of hydrogen-bond donors (Lipinski definition) is 1.